The number of hydrogen-bond donors (Lipinski definition) is 2. The number of pyridine rings is 1. The summed E-state index contributed by atoms with van der Waals surface area (Å²) in [5.41, 5.74) is 4.94. The maximum absolute atomic E-state index is 9.71. The molecule has 0 aromatic carbocycles. The molecule has 3 aromatic heterocycles. The van der Waals surface area contributed by atoms with Crippen molar-refractivity contribution >= 4 is 29.8 Å². The summed E-state index contributed by atoms with van der Waals surface area (Å²) in [6.45, 7) is 37.5. The van der Waals surface area contributed by atoms with E-state index in [9.17, 15) is 5.11 Å². The lowest BCUT2D eigenvalue weighted by Gasteiger charge is -2.05. The normalized spacial score (nSPS) is 11.2. The molecule has 0 fully saturated rings. The third-order valence-corrected chi connectivity index (χ3v) is 8.11. The molecule has 3 heterocycles. The smallest absolute Gasteiger partial charge is 0.126 e. The predicted molar refractivity (Wildman–Crippen MR) is 222 cm³/mol. The summed E-state index contributed by atoms with van der Waals surface area (Å²) in [5.74, 6) is 2.06. The Hall–Kier alpha value is -2.92. The largest absolute Gasteiger partial charge is 0.512 e. The Morgan fingerprint density at radius 1 is 0.958 bits per heavy atom. The topological polar surface area (TPSA) is 61.8 Å². The molecule has 0 aliphatic rings. The van der Waals surface area contributed by atoms with E-state index < -0.39 is 0 Å². The van der Waals surface area contributed by atoms with Crippen molar-refractivity contribution in [1.29, 1.82) is 0 Å². The summed E-state index contributed by atoms with van der Waals surface area (Å²) in [6, 6.07) is 1.87. The zero-order valence-corrected chi connectivity index (χ0v) is 34.5. The molecule has 5 heteroatoms. The average molecular weight is 682 g/mol. The van der Waals surface area contributed by atoms with Crippen LogP contribution in [0, 0.1) is 18.8 Å². The van der Waals surface area contributed by atoms with Crippen molar-refractivity contribution in [3.05, 3.63) is 64.4 Å². The van der Waals surface area contributed by atoms with Crippen molar-refractivity contribution in [2.45, 2.75) is 155 Å². The van der Waals surface area contributed by atoms with Crippen LogP contribution in [-0.4, -0.2) is 20.1 Å². The minimum absolute atomic E-state index is 0.226. The second-order valence-electron chi connectivity index (χ2n) is 12.2. The molecule has 274 valence electrons. The molecule has 1 unspecified atom stereocenters. The van der Waals surface area contributed by atoms with Crippen molar-refractivity contribution in [2.24, 2.45) is 11.8 Å². The van der Waals surface area contributed by atoms with Crippen LogP contribution in [0.25, 0.3) is 40.2 Å². The Morgan fingerprint density at radius 3 is 2.00 bits per heavy atom. The number of hydrogen-bond acceptors (Lipinski definition) is 4. The van der Waals surface area contributed by atoms with E-state index in [0.29, 0.717) is 10.6 Å². The Bertz CT molecular complexity index is 1310. The minimum atomic E-state index is 0.226. The average Bonchev–Trinajstić information content (AvgIpc) is 3.72. The molecule has 0 amide bonds. The van der Waals surface area contributed by atoms with E-state index in [1.54, 1.807) is 19.2 Å². The third-order valence-electron chi connectivity index (χ3n) is 7.24. The van der Waals surface area contributed by atoms with E-state index in [2.05, 4.69) is 92.4 Å². The van der Waals surface area contributed by atoms with Crippen LogP contribution in [0.1, 0.15) is 159 Å². The van der Waals surface area contributed by atoms with E-state index >= 15 is 0 Å². The second kappa shape index (κ2) is 32.6. The number of nitrogens with zero attached hydrogens (tertiary/aromatic N) is 2. The van der Waals surface area contributed by atoms with E-state index in [1.807, 2.05) is 50.6 Å². The van der Waals surface area contributed by atoms with Crippen molar-refractivity contribution in [1.82, 2.24) is 15.0 Å². The van der Waals surface area contributed by atoms with Gasteiger partial charge in [-0.1, -0.05) is 172 Å². The summed E-state index contributed by atoms with van der Waals surface area (Å²) in [7, 11) is 0. The molecule has 0 saturated carbocycles. The van der Waals surface area contributed by atoms with E-state index in [4.69, 9.17) is 4.98 Å². The highest BCUT2D eigenvalue weighted by atomic mass is 32.1. The Kier molecular flexibility index (Phi) is 33.6. The summed E-state index contributed by atoms with van der Waals surface area (Å²) in [6.07, 6.45) is 21.5. The summed E-state index contributed by atoms with van der Waals surface area (Å²) >= 11 is 1.53. The van der Waals surface area contributed by atoms with Crippen molar-refractivity contribution < 1.29 is 5.11 Å². The molecule has 2 N–H and O–H groups in total. The van der Waals surface area contributed by atoms with Crippen LogP contribution >= 0.6 is 11.3 Å². The van der Waals surface area contributed by atoms with Gasteiger partial charge in [-0.25, -0.2) is 4.98 Å². The Morgan fingerprint density at radius 2 is 1.54 bits per heavy atom. The number of nitrogens with one attached hydrogen (secondary N) is 1. The number of aliphatic hydroxyl groups is 1. The first kappa shape index (κ1) is 49.5. The monoisotopic (exact) mass is 682 g/mol. The molecule has 0 aliphatic heterocycles. The first-order valence-electron chi connectivity index (χ1n) is 18.7. The molecule has 48 heavy (non-hydrogen) atoms. The fourth-order valence-electron chi connectivity index (χ4n) is 3.47. The number of aliphatic hydroxyl groups excluding tert-OH is 1. The van der Waals surface area contributed by atoms with Gasteiger partial charge in [0.2, 0.25) is 0 Å². The maximum Gasteiger partial charge on any atom is 0.126 e. The van der Waals surface area contributed by atoms with Gasteiger partial charge in [0.15, 0.2) is 0 Å². The van der Waals surface area contributed by atoms with Gasteiger partial charge in [0.05, 0.1) is 16.8 Å². The summed E-state index contributed by atoms with van der Waals surface area (Å²) < 4.78 is 0. The van der Waals surface area contributed by atoms with Gasteiger partial charge < -0.3 is 10.1 Å². The van der Waals surface area contributed by atoms with Crippen molar-refractivity contribution in [3.8, 4) is 21.8 Å². The molecular weight excluding hydrogens is 607 g/mol. The van der Waals surface area contributed by atoms with Crippen LogP contribution in [0.5, 0.6) is 0 Å². The van der Waals surface area contributed by atoms with Gasteiger partial charge in [0, 0.05) is 45.4 Å². The van der Waals surface area contributed by atoms with Gasteiger partial charge in [0.1, 0.15) is 5.01 Å². The van der Waals surface area contributed by atoms with Crippen LogP contribution in [0.15, 0.2) is 42.6 Å². The minimum Gasteiger partial charge on any atom is -0.512 e. The fourth-order valence-corrected chi connectivity index (χ4v) is 4.33. The van der Waals surface area contributed by atoms with E-state index in [-0.39, 0.29) is 5.76 Å². The van der Waals surface area contributed by atoms with Crippen molar-refractivity contribution in [2.75, 3.05) is 0 Å². The highest BCUT2D eigenvalue weighted by Crippen LogP contribution is 2.31. The zero-order valence-electron chi connectivity index (χ0n) is 33.7. The molecule has 3 rings (SSSR count). The first-order valence-corrected chi connectivity index (χ1v) is 19.6. The number of allylic oxidation sites excluding steroid dienone is 2. The van der Waals surface area contributed by atoms with Gasteiger partial charge in [0.25, 0.3) is 0 Å². The van der Waals surface area contributed by atoms with Gasteiger partial charge >= 0.3 is 0 Å². The van der Waals surface area contributed by atoms with Crippen LogP contribution in [0.2, 0.25) is 0 Å². The van der Waals surface area contributed by atoms with Crippen molar-refractivity contribution in [3.63, 3.8) is 0 Å². The van der Waals surface area contributed by atoms with Gasteiger partial charge in [-0.3, -0.25) is 4.98 Å². The highest BCUT2D eigenvalue weighted by Gasteiger charge is 2.13. The summed E-state index contributed by atoms with van der Waals surface area (Å²) in [4.78, 5) is 12.3. The fraction of sp³-hybridized carbons (Fsp3) is 0.581. The molecule has 0 aliphatic carbocycles. The zero-order chi connectivity index (χ0) is 37.5. The van der Waals surface area contributed by atoms with Gasteiger partial charge in [-0.15, -0.1) is 11.3 Å². The van der Waals surface area contributed by atoms with Crippen LogP contribution in [0.4, 0.5) is 0 Å². The molecule has 0 spiro atoms. The lowest BCUT2D eigenvalue weighted by molar-refractivity contribution is 0.482. The standard InChI is InChI=1S/C20H19N3OS.C9H20.C5H12.C4H10.C3H8.C2H6/c1-5-6-7-16-12(2)22-10-18(16)19-11-25-20(23-19)17-8-15(14(4)24)9-21-13(17)3;1-4-6-7-8-9(3)5-2;1-4-5(2)3;1-3-4-2;1-3-2;1-2/h5-11,22,24H,1,3H2,2,4H3;9H,4-8H2,1-3H3;5H,4H2,1-3H3;3-4H2,1-2H3;3H2,1-2H3;1-2H3/b7-6-,15-14+;;;;;. The van der Waals surface area contributed by atoms with Crippen LogP contribution < -0.4 is 10.6 Å². The highest BCUT2D eigenvalue weighted by molar-refractivity contribution is 7.13. The lowest BCUT2D eigenvalue weighted by atomic mass is 10.0. The molecule has 4 nitrogen and oxygen atoms in total. The maximum atomic E-state index is 9.71. The number of aryl methyl sites for hydroxylation is 1. The van der Waals surface area contributed by atoms with Gasteiger partial charge in [-0.2, -0.15) is 0 Å². The van der Waals surface area contributed by atoms with Crippen LogP contribution in [-0.2, 0) is 0 Å². The molecular formula is C43H75N3OS. The third kappa shape index (κ3) is 22.6. The number of thiazole rings is 1. The van der Waals surface area contributed by atoms with E-state index in [1.165, 1.54) is 69.1 Å². The molecule has 0 bridgehead atoms. The first-order chi connectivity index (χ1) is 22.9. The molecule has 1 atom stereocenters. The van der Waals surface area contributed by atoms with Crippen LogP contribution in [0.3, 0.4) is 0 Å². The number of H-pyrrole nitrogens is 1. The number of unbranched alkanes of at least 4 members (excludes halogenated alkanes) is 3. The Balaban J connectivity index is -0.000000723. The number of aromatic nitrogens is 3. The summed E-state index contributed by atoms with van der Waals surface area (Å²) in [5, 5.41) is 13.9. The SMILES string of the molecule is C=C/C=C\c1c(-c2csc(-c3c/c(=C(/C)O)cnc3=C)n2)c[nH]c1C.CC.CCC.CCC(C)C.CCCC.CCCCCC(C)CC. The predicted octanol–water partition coefficient (Wildman–Crippen LogP) is 13.7. The lowest BCUT2D eigenvalue weighted by Crippen LogP contribution is -2.16. The molecule has 0 saturated heterocycles. The molecule has 0 radical (unpaired) electrons. The quantitative estimate of drug-likeness (QED) is 0.156. The van der Waals surface area contributed by atoms with E-state index in [0.717, 1.165) is 44.9 Å². The Labute approximate surface area is 301 Å². The molecule has 3 aromatic rings. The second-order valence-corrected chi connectivity index (χ2v) is 13.1. The number of rotatable bonds is 11. The van der Waals surface area contributed by atoms with Gasteiger partial charge in [-0.05, 0) is 31.7 Å². The number of aromatic amines is 1.